The van der Waals surface area contributed by atoms with Crippen molar-refractivity contribution >= 4 is 39.3 Å². The van der Waals surface area contributed by atoms with Crippen LogP contribution < -0.4 is 15.4 Å². The Labute approximate surface area is 225 Å². The number of nitrogens with two attached hydrogens (primary N) is 1. The van der Waals surface area contributed by atoms with Crippen molar-refractivity contribution in [2.24, 2.45) is 5.14 Å². The summed E-state index contributed by atoms with van der Waals surface area (Å²) in [5.41, 5.74) is 2.79. The Hall–Kier alpha value is -4.19. The van der Waals surface area contributed by atoms with Gasteiger partial charge in [-0.15, -0.1) is 0 Å². The molecule has 0 saturated carbocycles. The minimum absolute atomic E-state index is 0.0152. The summed E-state index contributed by atoms with van der Waals surface area (Å²) in [4.78, 5) is 51.2. The van der Waals surface area contributed by atoms with Gasteiger partial charge < -0.3 is 10.1 Å². The maximum Gasteiger partial charge on any atom is 0.338 e. The van der Waals surface area contributed by atoms with E-state index in [1.807, 2.05) is 6.92 Å². The summed E-state index contributed by atoms with van der Waals surface area (Å²) in [6.45, 7) is 1.88. The standard InChI is InChI=1S/C28H27N3O7S/c1-18-2-6-20(7-3-18)25(32)17-38-28(35)21-8-10-22(11-9-21)31-26(33)16-24(27(31)34)30-15-14-19-4-12-23(13-5-19)39(29,36)37/h2-13,24,30H,14-17H2,1H3,(H2,29,36,37). The summed E-state index contributed by atoms with van der Waals surface area (Å²) in [7, 11) is -3.77. The molecule has 11 heteroatoms. The van der Waals surface area contributed by atoms with Gasteiger partial charge in [0, 0.05) is 5.56 Å². The van der Waals surface area contributed by atoms with Crippen LogP contribution in [0.2, 0.25) is 0 Å². The maximum absolute atomic E-state index is 12.9. The molecular formula is C28H27N3O7S. The van der Waals surface area contributed by atoms with Gasteiger partial charge in [0.05, 0.1) is 28.6 Å². The Morgan fingerprint density at radius 2 is 1.56 bits per heavy atom. The summed E-state index contributed by atoms with van der Waals surface area (Å²) < 4.78 is 27.9. The first-order valence-corrected chi connectivity index (χ1v) is 13.7. The van der Waals surface area contributed by atoms with Gasteiger partial charge in [0.15, 0.2) is 12.4 Å². The van der Waals surface area contributed by atoms with Crippen molar-refractivity contribution in [1.29, 1.82) is 0 Å². The number of carbonyl (C=O) groups excluding carboxylic acids is 4. The molecule has 0 aromatic heterocycles. The summed E-state index contributed by atoms with van der Waals surface area (Å²) in [5.74, 6) is -1.82. The zero-order chi connectivity index (χ0) is 28.2. The maximum atomic E-state index is 12.9. The third-order valence-electron chi connectivity index (χ3n) is 6.27. The average molecular weight is 550 g/mol. The van der Waals surface area contributed by atoms with E-state index in [0.717, 1.165) is 16.0 Å². The molecule has 39 heavy (non-hydrogen) atoms. The van der Waals surface area contributed by atoms with Gasteiger partial charge in [-0.05, 0) is 61.9 Å². The first-order chi connectivity index (χ1) is 18.5. The lowest BCUT2D eigenvalue weighted by Gasteiger charge is -2.16. The van der Waals surface area contributed by atoms with Gasteiger partial charge in [-0.2, -0.15) is 0 Å². The predicted octanol–water partition coefficient (Wildman–Crippen LogP) is 2.15. The Kier molecular flexibility index (Phi) is 8.34. The van der Waals surface area contributed by atoms with E-state index in [4.69, 9.17) is 9.88 Å². The Balaban J connectivity index is 1.29. The monoisotopic (exact) mass is 549 g/mol. The molecule has 1 saturated heterocycles. The molecule has 0 aliphatic carbocycles. The number of esters is 1. The zero-order valence-electron chi connectivity index (χ0n) is 21.1. The highest BCUT2D eigenvalue weighted by Gasteiger charge is 2.39. The number of aryl methyl sites for hydroxylation is 1. The molecule has 1 aliphatic heterocycles. The lowest BCUT2D eigenvalue weighted by Crippen LogP contribution is -2.39. The number of ether oxygens (including phenoxy) is 1. The normalized spacial score (nSPS) is 15.4. The number of primary sulfonamides is 1. The van der Waals surface area contributed by atoms with Crippen LogP contribution in [0.3, 0.4) is 0 Å². The highest BCUT2D eigenvalue weighted by molar-refractivity contribution is 7.89. The van der Waals surface area contributed by atoms with Gasteiger partial charge in [-0.3, -0.25) is 14.4 Å². The third kappa shape index (κ3) is 6.82. The van der Waals surface area contributed by atoms with Crippen molar-refractivity contribution in [3.63, 3.8) is 0 Å². The lowest BCUT2D eigenvalue weighted by molar-refractivity contribution is -0.121. The van der Waals surface area contributed by atoms with Crippen LogP contribution in [0.5, 0.6) is 0 Å². The van der Waals surface area contributed by atoms with E-state index in [0.29, 0.717) is 24.2 Å². The quantitative estimate of drug-likeness (QED) is 0.222. The van der Waals surface area contributed by atoms with Gasteiger partial charge in [0.25, 0.3) is 5.91 Å². The molecule has 1 aliphatic rings. The molecule has 0 spiro atoms. The number of amides is 2. The van der Waals surface area contributed by atoms with Crippen LogP contribution in [-0.4, -0.2) is 51.2 Å². The lowest BCUT2D eigenvalue weighted by atomic mass is 10.1. The van der Waals surface area contributed by atoms with Crippen LogP contribution in [0.25, 0.3) is 0 Å². The minimum Gasteiger partial charge on any atom is -0.454 e. The van der Waals surface area contributed by atoms with Crippen LogP contribution in [0.1, 0.15) is 38.3 Å². The molecule has 1 atom stereocenters. The number of carbonyl (C=O) groups is 4. The van der Waals surface area contributed by atoms with Crippen LogP contribution >= 0.6 is 0 Å². The van der Waals surface area contributed by atoms with Crippen molar-refractivity contribution < 1.29 is 32.3 Å². The van der Waals surface area contributed by atoms with E-state index in [2.05, 4.69) is 5.32 Å². The number of benzene rings is 3. The summed E-state index contributed by atoms with van der Waals surface area (Å²) in [6, 6.07) is 18.1. The Morgan fingerprint density at radius 1 is 0.949 bits per heavy atom. The van der Waals surface area contributed by atoms with Crippen molar-refractivity contribution in [3.05, 3.63) is 95.1 Å². The van der Waals surface area contributed by atoms with Crippen LogP contribution in [0.15, 0.2) is 77.7 Å². The molecule has 0 bridgehead atoms. The second-order valence-corrected chi connectivity index (χ2v) is 10.7. The zero-order valence-corrected chi connectivity index (χ0v) is 21.9. The highest BCUT2D eigenvalue weighted by atomic mass is 32.2. The Bertz CT molecular complexity index is 1500. The van der Waals surface area contributed by atoms with Gasteiger partial charge in [0.2, 0.25) is 15.9 Å². The summed E-state index contributed by atoms with van der Waals surface area (Å²) >= 11 is 0. The molecule has 1 fully saturated rings. The third-order valence-corrected chi connectivity index (χ3v) is 7.20. The molecule has 3 aromatic rings. The number of hydrogen-bond donors (Lipinski definition) is 2. The largest absolute Gasteiger partial charge is 0.454 e. The van der Waals surface area contributed by atoms with Gasteiger partial charge in [-0.1, -0.05) is 42.0 Å². The number of anilines is 1. The van der Waals surface area contributed by atoms with E-state index in [9.17, 15) is 27.6 Å². The molecule has 3 N–H and O–H groups in total. The highest BCUT2D eigenvalue weighted by Crippen LogP contribution is 2.24. The molecule has 0 radical (unpaired) electrons. The second kappa shape index (κ2) is 11.7. The van der Waals surface area contributed by atoms with Crippen LogP contribution in [0.4, 0.5) is 5.69 Å². The van der Waals surface area contributed by atoms with E-state index < -0.39 is 34.5 Å². The molecule has 1 heterocycles. The first kappa shape index (κ1) is 27.8. The minimum atomic E-state index is -3.77. The van der Waals surface area contributed by atoms with E-state index in [-0.39, 0.29) is 28.6 Å². The van der Waals surface area contributed by atoms with Gasteiger partial charge >= 0.3 is 5.97 Å². The number of nitrogens with zero attached hydrogens (tertiary/aromatic N) is 1. The first-order valence-electron chi connectivity index (χ1n) is 12.1. The topological polar surface area (TPSA) is 153 Å². The molecular weight excluding hydrogens is 522 g/mol. The number of sulfonamides is 1. The fourth-order valence-electron chi connectivity index (χ4n) is 4.08. The predicted molar refractivity (Wildman–Crippen MR) is 143 cm³/mol. The van der Waals surface area contributed by atoms with Gasteiger partial charge in [-0.25, -0.2) is 23.3 Å². The van der Waals surface area contributed by atoms with Gasteiger partial charge in [0.1, 0.15) is 0 Å². The molecule has 4 rings (SSSR count). The van der Waals surface area contributed by atoms with E-state index >= 15 is 0 Å². The SMILES string of the molecule is Cc1ccc(C(=O)COC(=O)c2ccc(N3C(=O)CC(NCCc4ccc(S(N)(=O)=O)cc4)C3=O)cc2)cc1. The number of imide groups is 1. The fourth-order valence-corrected chi connectivity index (χ4v) is 4.60. The Morgan fingerprint density at radius 3 is 2.18 bits per heavy atom. The fraction of sp³-hybridized carbons (Fsp3) is 0.214. The van der Waals surface area contributed by atoms with Crippen LogP contribution in [-0.2, 0) is 30.8 Å². The molecule has 10 nitrogen and oxygen atoms in total. The number of hydrogen-bond acceptors (Lipinski definition) is 8. The van der Waals surface area contributed by atoms with E-state index in [1.165, 1.54) is 36.4 Å². The van der Waals surface area contributed by atoms with Crippen molar-refractivity contribution in [2.75, 3.05) is 18.1 Å². The molecule has 3 aromatic carbocycles. The van der Waals surface area contributed by atoms with E-state index in [1.54, 1.807) is 36.4 Å². The second-order valence-electron chi connectivity index (χ2n) is 9.13. The number of ketones is 1. The summed E-state index contributed by atoms with van der Waals surface area (Å²) in [5, 5.41) is 8.17. The number of rotatable bonds is 10. The van der Waals surface area contributed by atoms with Crippen molar-refractivity contribution in [1.82, 2.24) is 5.32 Å². The van der Waals surface area contributed by atoms with Crippen LogP contribution in [0, 0.1) is 6.92 Å². The number of nitrogens with one attached hydrogen (secondary N) is 1. The molecule has 2 amide bonds. The van der Waals surface area contributed by atoms with Crippen molar-refractivity contribution in [2.45, 2.75) is 30.7 Å². The smallest absolute Gasteiger partial charge is 0.338 e. The number of Topliss-reactive ketones (excluding diaryl/α,β-unsaturated/α-hetero) is 1. The molecule has 1 unspecified atom stereocenters. The average Bonchev–Trinajstić information content (AvgIpc) is 3.19. The molecule has 202 valence electrons. The van der Waals surface area contributed by atoms with Crippen molar-refractivity contribution in [3.8, 4) is 0 Å². The summed E-state index contributed by atoms with van der Waals surface area (Å²) in [6.07, 6.45) is 0.486.